The van der Waals surface area contributed by atoms with Crippen molar-refractivity contribution >= 4 is 29.3 Å². The Balaban J connectivity index is 1.49. The Morgan fingerprint density at radius 3 is 2.46 bits per heavy atom. The molecule has 1 aliphatic heterocycles. The highest BCUT2D eigenvalue weighted by molar-refractivity contribution is 6.30. The lowest BCUT2D eigenvalue weighted by Gasteiger charge is -2.19. The van der Waals surface area contributed by atoms with Gasteiger partial charge in [-0.1, -0.05) is 36.6 Å². The molecule has 3 amide bonds. The number of amides is 3. The van der Waals surface area contributed by atoms with Crippen LogP contribution < -0.4 is 5.32 Å². The molecule has 128 valence electrons. The van der Waals surface area contributed by atoms with E-state index in [4.69, 9.17) is 11.6 Å². The van der Waals surface area contributed by atoms with Gasteiger partial charge in [0.05, 0.1) is 11.8 Å². The second-order valence-electron chi connectivity index (χ2n) is 6.48. The number of carbonyl (C=O) groups is 3. The van der Waals surface area contributed by atoms with E-state index in [9.17, 15) is 14.4 Å². The number of rotatable bonds is 5. The summed E-state index contributed by atoms with van der Waals surface area (Å²) in [6.45, 7) is 0.554. The molecule has 2 fully saturated rings. The fraction of sp³-hybridized carbons (Fsp3) is 0.500. The van der Waals surface area contributed by atoms with Gasteiger partial charge in [0.15, 0.2) is 0 Å². The monoisotopic (exact) mass is 348 g/mol. The van der Waals surface area contributed by atoms with Gasteiger partial charge >= 0.3 is 0 Å². The van der Waals surface area contributed by atoms with Gasteiger partial charge in [0.25, 0.3) is 0 Å². The number of imide groups is 1. The molecule has 2 aliphatic rings. The molecule has 1 N–H and O–H groups in total. The number of benzene rings is 1. The van der Waals surface area contributed by atoms with E-state index in [0.717, 1.165) is 31.2 Å². The van der Waals surface area contributed by atoms with Crippen LogP contribution in [0.3, 0.4) is 0 Å². The molecule has 3 rings (SSSR count). The van der Waals surface area contributed by atoms with E-state index in [-0.39, 0.29) is 42.5 Å². The van der Waals surface area contributed by atoms with Crippen molar-refractivity contribution in [1.82, 2.24) is 10.2 Å². The molecule has 6 heteroatoms. The quantitative estimate of drug-likeness (QED) is 0.831. The zero-order chi connectivity index (χ0) is 17.1. The molecule has 1 saturated heterocycles. The van der Waals surface area contributed by atoms with E-state index in [1.807, 2.05) is 12.1 Å². The molecule has 1 aromatic carbocycles. The fourth-order valence-corrected chi connectivity index (χ4v) is 3.81. The van der Waals surface area contributed by atoms with E-state index in [1.165, 1.54) is 4.90 Å². The van der Waals surface area contributed by atoms with Crippen LogP contribution in [0.2, 0.25) is 5.02 Å². The van der Waals surface area contributed by atoms with Gasteiger partial charge in [-0.15, -0.1) is 0 Å². The van der Waals surface area contributed by atoms with Crippen LogP contribution in [-0.4, -0.2) is 29.2 Å². The molecule has 2 atom stereocenters. The van der Waals surface area contributed by atoms with Crippen LogP contribution in [-0.2, 0) is 20.9 Å². The molecule has 1 aliphatic carbocycles. The zero-order valence-corrected chi connectivity index (χ0v) is 14.2. The van der Waals surface area contributed by atoms with E-state index in [0.29, 0.717) is 11.6 Å². The van der Waals surface area contributed by atoms with E-state index in [1.54, 1.807) is 12.1 Å². The fourth-order valence-electron chi connectivity index (χ4n) is 3.60. The number of fused-ring (bicyclic) bond motifs is 1. The third-order valence-corrected chi connectivity index (χ3v) is 5.11. The Bertz CT molecular complexity index is 637. The summed E-state index contributed by atoms with van der Waals surface area (Å²) in [5.41, 5.74) is 0.912. The number of nitrogens with zero attached hydrogens (tertiary/aromatic N) is 1. The van der Waals surface area contributed by atoms with Crippen LogP contribution in [0.25, 0.3) is 0 Å². The average molecular weight is 349 g/mol. The van der Waals surface area contributed by atoms with Gasteiger partial charge in [0.1, 0.15) is 0 Å². The lowest BCUT2D eigenvalue weighted by molar-refractivity contribution is -0.140. The first kappa shape index (κ1) is 17.0. The lowest BCUT2D eigenvalue weighted by Crippen LogP contribution is -2.35. The van der Waals surface area contributed by atoms with Crippen molar-refractivity contribution in [1.29, 1.82) is 0 Å². The maximum absolute atomic E-state index is 12.3. The maximum atomic E-state index is 12.3. The number of likely N-dealkylation sites (tertiary alicyclic amines) is 1. The predicted molar refractivity (Wildman–Crippen MR) is 90.1 cm³/mol. The van der Waals surface area contributed by atoms with Gasteiger partial charge < -0.3 is 5.32 Å². The summed E-state index contributed by atoms with van der Waals surface area (Å²) in [5, 5.41) is 3.42. The van der Waals surface area contributed by atoms with Gasteiger partial charge in [0.2, 0.25) is 17.7 Å². The van der Waals surface area contributed by atoms with Gasteiger partial charge in [-0.05, 0) is 30.5 Å². The molecule has 24 heavy (non-hydrogen) atoms. The molecule has 0 spiro atoms. The Labute approximate surface area is 146 Å². The molecule has 1 aromatic rings. The van der Waals surface area contributed by atoms with Crippen molar-refractivity contribution < 1.29 is 14.4 Å². The van der Waals surface area contributed by atoms with Crippen molar-refractivity contribution in [2.45, 2.75) is 38.6 Å². The molecule has 1 saturated carbocycles. The molecular weight excluding hydrogens is 328 g/mol. The highest BCUT2D eigenvalue weighted by atomic mass is 35.5. The summed E-state index contributed by atoms with van der Waals surface area (Å²) in [6, 6.07) is 7.27. The average Bonchev–Trinajstić information content (AvgIpc) is 2.83. The highest BCUT2D eigenvalue weighted by Crippen LogP contribution is 2.37. The third kappa shape index (κ3) is 3.61. The first-order valence-corrected chi connectivity index (χ1v) is 8.80. The minimum absolute atomic E-state index is 0.0904. The number of halogens is 1. The molecular formula is C18H21ClN2O3. The first-order valence-electron chi connectivity index (χ1n) is 8.42. The van der Waals surface area contributed by atoms with Gasteiger partial charge in [-0.2, -0.15) is 0 Å². The van der Waals surface area contributed by atoms with Gasteiger partial charge in [0, 0.05) is 24.5 Å². The standard InChI is InChI=1S/C18H21ClN2O3/c19-13-5-3-4-12(10-13)11-20-16(22)8-9-21-17(23)14-6-1-2-7-15(14)18(21)24/h3-5,10,14-15H,1-2,6-9,11H2,(H,20,22)/t14-,15+. The number of hydrogen-bond acceptors (Lipinski definition) is 3. The molecule has 0 aromatic heterocycles. The van der Waals surface area contributed by atoms with Crippen molar-refractivity contribution in [2.24, 2.45) is 11.8 Å². The summed E-state index contributed by atoms with van der Waals surface area (Å²) >= 11 is 5.91. The Kier molecular flexibility index (Phi) is 5.19. The lowest BCUT2D eigenvalue weighted by atomic mass is 9.81. The molecule has 0 radical (unpaired) electrons. The normalized spacial score (nSPS) is 23.3. The van der Waals surface area contributed by atoms with Crippen LogP contribution in [0.5, 0.6) is 0 Å². The predicted octanol–water partition coefficient (Wildman–Crippen LogP) is 2.52. The second-order valence-corrected chi connectivity index (χ2v) is 6.92. The van der Waals surface area contributed by atoms with Crippen molar-refractivity contribution in [2.75, 3.05) is 6.54 Å². The van der Waals surface area contributed by atoms with Crippen molar-refractivity contribution in [3.05, 3.63) is 34.9 Å². The summed E-state index contributed by atoms with van der Waals surface area (Å²) in [4.78, 5) is 38.0. The number of carbonyl (C=O) groups excluding carboxylic acids is 3. The second kappa shape index (κ2) is 7.34. The summed E-state index contributed by atoms with van der Waals surface area (Å²) < 4.78 is 0. The Morgan fingerprint density at radius 2 is 1.83 bits per heavy atom. The van der Waals surface area contributed by atoms with Gasteiger partial charge in [-0.25, -0.2) is 0 Å². The molecule has 0 bridgehead atoms. The summed E-state index contributed by atoms with van der Waals surface area (Å²) in [6.07, 6.45) is 3.75. The maximum Gasteiger partial charge on any atom is 0.233 e. The van der Waals surface area contributed by atoms with Crippen LogP contribution in [0.15, 0.2) is 24.3 Å². The largest absolute Gasteiger partial charge is 0.352 e. The smallest absolute Gasteiger partial charge is 0.233 e. The van der Waals surface area contributed by atoms with E-state index < -0.39 is 0 Å². The zero-order valence-electron chi connectivity index (χ0n) is 13.5. The Hall–Kier alpha value is -1.88. The topological polar surface area (TPSA) is 66.5 Å². The van der Waals surface area contributed by atoms with Crippen molar-refractivity contribution in [3.63, 3.8) is 0 Å². The van der Waals surface area contributed by atoms with Gasteiger partial charge in [-0.3, -0.25) is 19.3 Å². The minimum Gasteiger partial charge on any atom is -0.352 e. The van der Waals surface area contributed by atoms with E-state index in [2.05, 4.69) is 5.32 Å². The molecule has 1 heterocycles. The summed E-state index contributed by atoms with van der Waals surface area (Å²) in [7, 11) is 0. The third-order valence-electron chi connectivity index (χ3n) is 4.87. The number of nitrogens with one attached hydrogen (secondary N) is 1. The first-order chi connectivity index (χ1) is 11.6. The van der Waals surface area contributed by atoms with Crippen LogP contribution in [0.4, 0.5) is 0 Å². The molecule has 0 unspecified atom stereocenters. The SMILES string of the molecule is O=C(CCN1C(=O)[C@H]2CCCC[C@H]2C1=O)NCc1cccc(Cl)c1. The van der Waals surface area contributed by atoms with Crippen molar-refractivity contribution in [3.8, 4) is 0 Å². The van der Waals surface area contributed by atoms with Crippen LogP contribution in [0.1, 0.15) is 37.7 Å². The Morgan fingerprint density at radius 1 is 1.17 bits per heavy atom. The number of hydrogen-bond donors (Lipinski definition) is 1. The van der Waals surface area contributed by atoms with E-state index >= 15 is 0 Å². The molecule has 5 nitrogen and oxygen atoms in total. The summed E-state index contributed by atoms with van der Waals surface area (Å²) in [5.74, 6) is -0.660. The van der Waals surface area contributed by atoms with Crippen LogP contribution in [0, 0.1) is 11.8 Å². The minimum atomic E-state index is -0.176. The highest BCUT2D eigenvalue weighted by Gasteiger charge is 2.47. The van der Waals surface area contributed by atoms with Crippen LogP contribution >= 0.6 is 11.6 Å².